The molecule has 0 atom stereocenters. The quantitative estimate of drug-likeness (QED) is 0.717. The topological polar surface area (TPSA) is 42.0 Å². The van der Waals surface area contributed by atoms with Gasteiger partial charge in [-0.15, -0.1) is 11.8 Å². The number of amides is 1. The van der Waals surface area contributed by atoms with Crippen LogP contribution in [0.4, 0.5) is 5.13 Å². The van der Waals surface area contributed by atoms with Gasteiger partial charge in [0.15, 0.2) is 5.13 Å². The van der Waals surface area contributed by atoms with Crippen LogP contribution in [0.2, 0.25) is 0 Å². The fraction of sp³-hybridized carbons (Fsp3) is 0.176. The summed E-state index contributed by atoms with van der Waals surface area (Å²) in [6, 6.07) is 14.1. The molecular formula is C17H16N2OS2. The number of nitrogens with zero attached hydrogens (tertiary/aromatic N) is 1. The molecule has 2 aromatic carbocycles. The number of nitrogens with one attached hydrogen (secondary N) is 1. The summed E-state index contributed by atoms with van der Waals surface area (Å²) in [7, 11) is 0. The number of hydrogen-bond acceptors (Lipinski definition) is 4. The van der Waals surface area contributed by atoms with Gasteiger partial charge >= 0.3 is 0 Å². The monoisotopic (exact) mass is 328 g/mol. The molecule has 1 aromatic heterocycles. The predicted molar refractivity (Wildman–Crippen MR) is 94.9 cm³/mol. The van der Waals surface area contributed by atoms with Gasteiger partial charge in [0.1, 0.15) is 0 Å². The van der Waals surface area contributed by atoms with Crippen molar-refractivity contribution in [2.24, 2.45) is 0 Å². The minimum absolute atomic E-state index is 0.0321. The third-order valence-corrected chi connectivity index (χ3v) is 5.00. The number of carbonyl (C=O) groups excluding carboxylic acids is 1. The molecule has 0 fully saturated rings. The zero-order chi connectivity index (χ0) is 15.5. The van der Waals surface area contributed by atoms with E-state index in [1.807, 2.05) is 55.6 Å². The molecule has 0 bridgehead atoms. The molecule has 3 aromatic rings. The first-order valence-corrected chi connectivity index (χ1v) is 8.99. The van der Waals surface area contributed by atoms with Crippen molar-refractivity contribution in [3.8, 4) is 0 Å². The number of para-hydroxylation sites is 1. The molecule has 1 heterocycles. The van der Waals surface area contributed by atoms with Gasteiger partial charge in [0, 0.05) is 4.90 Å². The number of aryl methyl sites for hydroxylation is 1. The second kappa shape index (κ2) is 6.50. The molecule has 0 saturated heterocycles. The van der Waals surface area contributed by atoms with Crippen molar-refractivity contribution >= 4 is 44.4 Å². The van der Waals surface area contributed by atoms with E-state index in [1.165, 1.54) is 11.3 Å². The van der Waals surface area contributed by atoms with Crippen LogP contribution >= 0.6 is 23.1 Å². The number of benzene rings is 2. The molecule has 0 saturated carbocycles. The Morgan fingerprint density at radius 2 is 2.09 bits per heavy atom. The SMILES string of the molecule is CSc1cccc2sc(NC(=O)Cc3cccc(C)c3)nc12. The fourth-order valence-corrected chi connectivity index (χ4v) is 3.85. The molecule has 0 spiro atoms. The lowest BCUT2D eigenvalue weighted by atomic mass is 10.1. The average Bonchev–Trinajstić information content (AvgIpc) is 2.89. The minimum Gasteiger partial charge on any atom is -0.302 e. The molecule has 0 aliphatic carbocycles. The number of fused-ring (bicyclic) bond motifs is 1. The van der Waals surface area contributed by atoms with Crippen LogP contribution < -0.4 is 5.32 Å². The molecule has 0 aliphatic rings. The molecule has 112 valence electrons. The number of carbonyl (C=O) groups is 1. The van der Waals surface area contributed by atoms with E-state index in [0.717, 1.165) is 26.2 Å². The van der Waals surface area contributed by atoms with Gasteiger partial charge < -0.3 is 5.32 Å². The van der Waals surface area contributed by atoms with Gasteiger partial charge in [-0.05, 0) is 30.9 Å². The molecule has 1 N–H and O–H groups in total. The fourth-order valence-electron chi connectivity index (χ4n) is 2.31. The van der Waals surface area contributed by atoms with Crippen molar-refractivity contribution < 1.29 is 4.79 Å². The number of hydrogen-bond donors (Lipinski definition) is 1. The van der Waals surface area contributed by atoms with Gasteiger partial charge in [0.05, 0.1) is 16.6 Å². The standard InChI is InChI=1S/C17H16N2OS2/c1-11-5-3-6-12(9-11)10-15(20)18-17-19-16-13(21-2)7-4-8-14(16)22-17/h3-9H,10H2,1-2H3,(H,18,19,20). The Morgan fingerprint density at radius 3 is 2.86 bits per heavy atom. The van der Waals surface area contributed by atoms with E-state index >= 15 is 0 Å². The average molecular weight is 328 g/mol. The molecule has 3 nitrogen and oxygen atoms in total. The summed E-state index contributed by atoms with van der Waals surface area (Å²) >= 11 is 3.18. The highest BCUT2D eigenvalue weighted by Gasteiger charge is 2.10. The highest BCUT2D eigenvalue weighted by Crippen LogP contribution is 2.32. The largest absolute Gasteiger partial charge is 0.302 e. The molecular weight excluding hydrogens is 312 g/mol. The van der Waals surface area contributed by atoms with Crippen LogP contribution in [0.3, 0.4) is 0 Å². The maximum Gasteiger partial charge on any atom is 0.230 e. The highest BCUT2D eigenvalue weighted by atomic mass is 32.2. The van der Waals surface area contributed by atoms with Crippen molar-refractivity contribution in [3.05, 3.63) is 53.6 Å². The third kappa shape index (κ3) is 3.31. The smallest absolute Gasteiger partial charge is 0.230 e. The Bertz CT molecular complexity index is 826. The van der Waals surface area contributed by atoms with E-state index in [9.17, 15) is 4.79 Å². The number of thiazole rings is 1. The van der Waals surface area contributed by atoms with Crippen LogP contribution in [0.15, 0.2) is 47.4 Å². The van der Waals surface area contributed by atoms with Crippen molar-refractivity contribution in [1.82, 2.24) is 4.98 Å². The Hall–Kier alpha value is -1.85. The summed E-state index contributed by atoms with van der Waals surface area (Å²) in [6.07, 6.45) is 2.40. The Morgan fingerprint density at radius 1 is 1.27 bits per heavy atom. The highest BCUT2D eigenvalue weighted by molar-refractivity contribution is 7.98. The van der Waals surface area contributed by atoms with E-state index < -0.39 is 0 Å². The van der Waals surface area contributed by atoms with Gasteiger partial charge in [-0.1, -0.05) is 47.2 Å². The van der Waals surface area contributed by atoms with E-state index in [1.54, 1.807) is 11.8 Å². The Balaban J connectivity index is 1.76. The van der Waals surface area contributed by atoms with Crippen molar-refractivity contribution in [2.75, 3.05) is 11.6 Å². The molecule has 1 amide bonds. The second-order valence-corrected chi connectivity index (χ2v) is 6.92. The van der Waals surface area contributed by atoms with Crippen LogP contribution in [0.25, 0.3) is 10.2 Å². The normalized spacial score (nSPS) is 10.8. The summed E-state index contributed by atoms with van der Waals surface area (Å²) in [4.78, 5) is 17.9. The van der Waals surface area contributed by atoms with E-state index in [0.29, 0.717) is 11.6 Å². The molecule has 0 aliphatic heterocycles. The molecule has 0 unspecified atom stereocenters. The van der Waals surface area contributed by atoms with Crippen molar-refractivity contribution in [3.63, 3.8) is 0 Å². The summed E-state index contributed by atoms with van der Waals surface area (Å²) < 4.78 is 1.10. The predicted octanol–water partition coefficient (Wildman–Crippen LogP) is 4.51. The van der Waals surface area contributed by atoms with E-state index in [2.05, 4.69) is 10.3 Å². The van der Waals surface area contributed by atoms with Gasteiger partial charge in [0.2, 0.25) is 5.91 Å². The van der Waals surface area contributed by atoms with Crippen LogP contribution in [-0.4, -0.2) is 17.1 Å². The summed E-state index contributed by atoms with van der Waals surface area (Å²) in [5, 5.41) is 3.57. The lowest BCUT2D eigenvalue weighted by Crippen LogP contribution is -2.14. The van der Waals surface area contributed by atoms with Crippen LogP contribution in [0.5, 0.6) is 0 Å². The minimum atomic E-state index is -0.0321. The third-order valence-electron chi connectivity index (χ3n) is 3.30. The molecule has 5 heteroatoms. The van der Waals surface area contributed by atoms with Crippen LogP contribution in [0, 0.1) is 6.92 Å². The lowest BCUT2D eigenvalue weighted by molar-refractivity contribution is -0.115. The second-order valence-electron chi connectivity index (χ2n) is 5.04. The summed E-state index contributed by atoms with van der Waals surface area (Å²) in [5.41, 5.74) is 3.14. The van der Waals surface area contributed by atoms with Gasteiger partial charge in [0.25, 0.3) is 0 Å². The molecule has 0 radical (unpaired) electrons. The first kappa shape index (κ1) is 15.1. The zero-order valence-corrected chi connectivity index (χ0v) is 14.1. The van der Waals surface area contributed by atoms with Gasteiger partial charge in [-0.3, -0.25) is 4.79 Å². The lowest BCUT2D eigenvalue weighted by Gasteiger charge is -2.02. The number of rotatable bonds is 4. The first-order chi connectivity index (χ1) is 10.7. The van der Waals surface area contributed by atoms with E-state index in [-0.39, 0.29) is 5.91 Å². The summed E-state index contributed by atoms with van der Waals surface area (Å²) in [6.45, 7) is 2.03. The van der Waals surface area contributed by atoms with Gasteiger partial charge in [-0.2, -0.15) is 0 Å². The molecule has 3 rings (SSSR count). The van der Waals surface area contributed by atoms with Crippen LogP contribution in [-0.2, 0) is 11.2 Å². The van der Waals surface area contributed by atoms with Crippen molar-refractivity contribution in [2.45, 2.75) is 18.2 Å². The molecule has 22 heavy (non-hydrogen) atoms. The van der Waals surface area contributed by atoms with Gasteiger partial charge in [-0.25, -0.2) is 4.98 Å². The Labute approximate surface area is 137 Å². The maximum atomic E-state index is 12.2. The number of thioether (sulfide) groups is 1. The maximum absolute atomic E-state index is 12.2. The van der Waals surface area contributed by atoms with E-state index in [4.69, 9.17) is 0 Å². The summed E-state index contributed by atoms with van der Waals surface area (Å²) in [5.74, 6) is -0.0321. The zero-order valence-electron chi connectivity index (χ0n) is 12.4. The first-order valence-electron chi connectivity index (χ1n) is 6.94. The number of aromatic nitrogens is 1. The Kier molecular flexibility index (Phi) is 4.45. The van der Waals surface area contributed by atoms with Crippen molar-refractivity contribution in [1.29, 1.82) is 0 Å². The number of anilines is 1. The van der Waals surface area contributed by atoms with Crippen LogP contribution in [0.1, 0.15) is 11.1 Å².